The Bertz CT molecular complexity index is 707. The summed E-state index contributed by atoms with van der Waals surface area (Å²) in [4.78, 5) is 28.0. The number of ether oxygens (including phenoxy) is 1. The van der Waals surface area contributed by atoms with Crippen LogP contribution in [0.3, 0.4) is 0 Å². The molecule has 0 saturated heterocycles. The Kier molecular flexibility index (Phi) is 4.02. The number of nitro groups is 1. The van der Waals surface area contributed by atoms with Gasteiger partial charge in [-0.3, -0.25) is 10.1 Å². The lowest BCUT2D eigenvalue weighted by Gasteiger charge is -2.08. The number of halogens is 1. The zero-order valence-corrected chi connectivity index (χ0v) is 10.4. The van der Waals surface area contributed by atoms with Gasteiger partial charge in [0.2, 0.25) is 0 Å². The number of hydrogen-bond acceptors (Lipinski definition) is 6. The molecule has 1 N–H and O–H groups in total. The maximum absolute atomic E-state index is 13.6. The molecule has 1 heterocycles. The molecule has 0 unspecified atom stereocenters. The van der Waals surface area contributed by atoms with Crippen LogP contribution in [0, 0.1) is 15.9 Å². The number of benzene rings is 1. The molecule has 2 rings (SSSR count). The smallest absolute Gasteiger partial charge is 0.339 e. The Balaban J connectivity index is 2.17. The number of nitro benzene ring substituents is 1. The molecule has 2 aromatic rings. The van der Waals surface area contributed by atoms with Crippen LogP contribution < -0.4 is 4.74 Å². The van der Waals surface area contributed by atoms with E-state index in [9.17, 15) is 19.3 Å². The average Bonchev–Trinajstić information content (AvgIpc) is 2.46. The number of aromatic nitrogens is 2. The van der Waals surface area contributed by atoms with Crippen molar-refractivity contribution in [2.24, 2.45) is 0 Å². The van der Waals surface area contributed by atoms with Gasteiger partial charge in [0.05, 0.1) is 16.7 Å². The predicted octanol–water partition coefficient (Wildman–Crippen LogP) is 1.80. The summed E-state index contributed by atoms with van der Waals surface area (Å²) in [6.07, 6.45) is 2.23. The summed E-state index contributed by atoms with van der Waals surface area (Å²) in [6.45, 7) is -0.307. The summed E-state index contributed by atoms with van der Waals surface area (Å²) in [5.74, 6) is -2.40. The van der Waals surface area contributed by atoms with Crippen LogP contribution >= 0.6 is 0 Å². The molecule has 0 amide bonds. The molecule has 0 radical (unpaired) electrons. The molecule has 0 saturated carbocycles. The highest BCUT2D eigenvalue weighted by atomic mass is 19.1. The van der Waals surface area contributed by atoms with Crippen LogP contribution in [-0.4, -0.2) is 26.0 Å². The van der Waals surface area contributed by atoms with E-state index in [0.29, 0.717) is 6.07 Å². The first-order valence-corrected chi connectivity index (χ1v) is 5.58. The van der Waals surface area contributed by atoms with Gasteiger partial charge in [-0.15, -0.1) is 0 Å². The van der Waals surface area contributed by atoms with E-state index < -0.39 is 22.4 Å². The minimum Gasteiger partial charge on any atom is -0.484 e. The zero-order chi connectivity index (χ0) is 15.4. The van der Waals surface area contributed by atoms with E-state index in [0.717, 1.165) is 24.7 Å². The van der Waals surface area contributed by atoms with Gasteiger partial charge in [-0.25, -0.2) is 19.2 Å². The third kappa shape index (κ3) is 3.26. The van der Waals surface area contributed by atoms with Crippen LogP contribution in [0.2, 0.25) is 0 Å². The number of rotatable bonds is 5. The quantitative estimate of drug-likeness (QED) is 0.660. The fourth-order valence-corrected chi connectivity index (χ4v) is 1.52. The van der Waals surface area contributed by atoms with Crippen LogP contribution in [0.25, 0.3) is 0 Å². The number of nitrogens with zero attached hydrogens (tertiary/aromatic N) is 3. The molecule has 1 aromatic carbocycles. The molecular weight excluding hydrogens is 285 g/mol. The predicted molar refractivity (Wildman–Crippen MR) is 66.4 cm³/mol. The van der Waals surface area contributed by atoms with E-state index in [1.807, 2.05) is 0 Å². The summed E-state index contributed by atoms with van der Waals surface area (Å²) in [5, 5.41) is 19.4. The monoisotopic (exact) mass is 293 g/mol. The number of carboxylic acids is 1. The lowest BCUT2D eigenvalue weighted by atomic mass is 10.2. The van der Waals surface area contributed by atoms with Gasteiger partial charge >= 0.3 is 5.97 Å². The standard InChI is InChI=1S/C12H8FN3O5/c13-9-3-7(16(19)20)1-2-11(9)21-5-10-8(12(17)18)4-14-6-15-10/h1-4,6H,5H2,(H,17,18). The van der Waals surface area contributed by atoms with Gasteiger partial charge < -0.3 is 9.84 Å². The summed E-state index contributed by atoms with van der Waals surface area (Å²) < 4.78 is 18.7. The maximum Gasteiger partial charge on any atom is 0.339 e. The molecule has 8 nitrogen and oxygen atoms in total. The SMILES string of the molecule is O=C(O)c1cncnc1COc1ccc([N+](=O)[O-])cc1F. The molecule has 0 atom stereocenters. The van der Waals surface area contributed by atoms with Gasteiger partial charge in [-0.1, -0.05) is 0 Å². The van der Waals surface area contributed by atoms with Crippen molar-refractivity contribution in [1.29, 1.82) is 0 Å². The Hall–Kier alpha value is -3.10. The fraction of sp³-hybridized carbons (Fsp3) is 0.0833. The average molecular weight is 293 g/mol. The summed E-state index contributed by atoms with van der Waals surface area (Å²) in [7, 11) is 0. The Morgan fingerprint density at radius 3 is 2.86 bits per heavy atom. The Morgan fingerprint density at radius 2 is 2.24 bits per heavy atom. The molecule has 108 valence electrons. The van der Waals surface area contributed by atoms with Crippen LogP contribution in [0.1, 0.15) is 16.1 Å². The summed E-state index contributed by atoms with van der Waals surface area (Å²) in [5.41, 5.74) is -0.511. The van der Waals surface area contributed by atoms with E-state index in [2.05, 4.69) is 9.97 Å². The molecule has 0 aliphatic rings. The second-order valence-corrected chi connectivity index (χ2v) is 3.85. The van der Waals surface area contributed by atoms with Gasteiger partial charge in [-0.2, -0.15) is 0 Å². The number of hydrogen-bond donors (Lipinski definition) is 1. The van der Waals surface area contributed by atoms with Crippen LogP contribution in [0.5, 0.6) is 5.75 Å². The first-order valence-electron chi connectivity index (χ1n) is 5.58. The van der Waals surface area contributed by atoms with Crippen LogP contribution in [-0.2, 0) is 6.61 Å². The molecule has 21 heavy (non-hydrogen) atoms. The molecule has 0 aliphatic heterocycles. The molecule has 0 fully saturated rings. The normalized spacial score (nSPS) is 10.1. The molecule has 9 heteroatoms. The minimum atomic E-state index is -1.24. The van der Waals surface area contributed by atoms with Crippen molar-refractivity contribution in [2.45, 2.75) is 6.61 Å². The molecule has 0 bridgehead atoms. The third-order valence-electron chi connectivity index (χ3n) is 2.52. The number of carbonyl (C=O) groups is 1. The topological polar surface area (TPSA) is 115 Å². The van der Waals surface area contributed by atoms with Gasteiger partial charge in [0, 0.05) is 12.3 Å². The first-order chi connectivity index (χ1) is 9.99. The Labute approximate surface area is 117 Å². The van der Waals surface area contributed by atoms with Crippen molar-refractivity contribution < 1.29 is 24.0 Å². The highest BCUT2D eigenvalue weighted by Gasteiger charge is 2.15. The summed E-state index contributed by atoms with van der Waals surface area (Å²) >= 11 is 0. The third-order valence-corrected chi connectivity index (χ3v) is 2.52. The van der Waals surface area contributed by atoms with Crippen molar-refractivity contribution in [3.05, 3.63) is 57.9 Å². The van der Waals surface area contributed by atoms with Gasteiger partial charge in [-0.05, 0) is 6.07 Å². The van der Waals surface area contributed by atoms with Crippen molar-refractivity contribution in [2.75, 3.05) is 0 Å². The molecule has 1 aromatic heterocycles. The summed E-state index contributed by atoms with van der Waals surface area (Å²) in [6, 6.07) is 2.89. The molecule has 0 spiro atoms. The van der Waals surface area contributed by atoms with E-state index in [-0.39, 0.29) is 23.6 Å². The Morgan fingerprint density at radius 1 is 1.48 bits per heavy atom. The molecular formula is C12H8FN3O5. The van der Waals surface area contributed by atoms with Crippen LogP contribution in [0.15, 0.2) is 30.7 Å². The van der Waals surface area contributed by atoms with Gasteiger partial charge in [0.15, 0.2) is 11.6 Å². The van der Waals surface area contributed by atoms with Crippen LogP contribution in [0.4, 0.5) is 10.1 Å². The number of carboxylic acid groups (broad SMARTS) is 1. The maximum atomic E-state index is 13.6. The minimum absolute atomic E-state index is 0.0650. The largest absolute Gasteiger partial charge is 0.484 e. The number of aromatic carboxylic acids is 1. The first kappa shape index (κ1) is 14.3. The zero-order valence-electron chi connectivity index (χ0n) is 10.4. The number of non-ortho nitro benzene ring substituents is 1. The highest BCUT2D eigenvalue weighted by Crippen LogP contribution is 2.23. The van der Waals surface area contributed by atoms with Crippen molar-refractivity contribution in [1.82, 2.24) is 9.97 Å². The van der Waals surface area contributed by atoms with E-state index in [1.54, 1.807) is 0 Å². The fourth-order valence-electron chi connectivity index (χ4n) is 1.52. The molecule has 0 aliphatic carbocycles. The van der Waals surface area contributed by atoms with Crippen molar-refractivity contribution in [3.63, 3.8) is 0 Å². The second kappa shape index (κ2) is 5.90. The van der Waals surface area contributed by atoms with E-state index >= 15 is 0 Å². The highest BCUT2D eigenvalue weighted by molar-refractivity contribution is 5.88. The van der Waals surface area contributed by atoms with Gasteiger partial charge in [0.25, 0.3) is 5.69 Å². The lowest BCUT2D eigenvalue weighted by Crippen LogP contribution is -2.09. The van der Waals surface area contributed by atoms with Crippen molar-refractivity contribution >= 4 is 11.7 Å². The van der Waals surface area contributed by atoms with E-state index in [4.69, 9.17) is 9.84 Å². The van der Waals surface area contributed by atoms with Gasteiger partial charge in [0.1, 0.15) is 18.5 Å². The lowest BCUT2D eigenvalue weighted by molar-refractivity contribution is -0.385. The van der Waals surface area contributed by atoms with Crippen molar-refractivity contribution in [3.8, 4) is 5.75 Å². The van der Waals surface area contributed by atoms with E-state index in [1.165, 1.54) is 0 Å². The second-order valence-electron chi connectivity index (χ2n) is 3.85.